The van der Waals surface area contributed by atoms with Crippen LogP contribution in [-0.2, 0) is 5.04 Å². The molecule has 0 aromatic rings. The van der Waals surface area contributed by atoms with Crippen molar-refractivity contribution in [3.8, 4) is 0 Å². The first-order valence-corrected chi connectivity index (χ1v) is 0.365. The van der Waals surface area contributed by atoms with Crippen LogP contribution in [0.5, 0.6) is 0 Å². The Morgan fingerprint density at radius 3 is 1.25 bits per heavy atom. The zero-order valence-corrected chi connectivity index (χ0v) is 4.94. The molecule has 0 bridgehead atoms. The summed E-state index contributed by atoms with van der Waals surface area (Å²) in [6, 6.07) is 0. The van der Waals surface area contributed by atoms with Crippen molar-refractivity contribution in [1.29, 1.82) is 0 Å². The second-order valence-electron chi connectivity index (χ2n) is 0.0816. The van der Waals surface area contributed by atoms with Gasteiger partial charge in [0.05, 0.1) is 0 Å². The van der Waals surface area contributed by atoms with Crippen LogP contribution < -0.4 is 0 Å². The van der Waals surface area contributed by atoms with Gasteiger partial charge in [-0.25, -0.2) is 10.5 Å². The first-order valence-electron chi connectivity index (χ1n) is 0.365. The van der Waals surface area contributed by atoms with Crippen molar-refractivity contribution in [2.45, 2.75) is 0 Å². The van der Waals surface area contributed by atoms with Gasteiger partial charge >= 0.3 is 0 Å². The van der Waals surface area contributed by atoms with Crippen LogP contribution in [0.2, 0.25) is 0 Å². The van der Waals surface area contributed by atoms with Gasteiger partial charge in [0, 0.05) is 41.7 Å². The Morgan fingerprint density at radius 1 is 1.25 bits per heavy atom. The Morgan fingerprint density at radius 2 is 1.25 bits per heavy atom. The molecule has 0 aliphatic rings. The Labute approximate surface area is 56.8 Å². The third kappa shape index (κ3) is 10.5. The first-order chi connectivity index (χ1) is 1.41. The third-order valence-electron chi connectivity index (χ3n) is 0. The average molecular weight is 190 g/mol. The summed E-state index contributed by atoms with van der Waals surface area (Å²) in [5, 5.41) is 15.5. The van der Waals surface area contributed by atoms with E-state index in [4.69, 9.17) is 10.5 Å². The molecular formula is H2CeO3. The third-order valence-corrected chi connectivity index (χ3v) is 0. The first kappa shape index (κ1) is 8.98. The standard InChI is InChI=1S/Ce.H2O3/c;1-3-2/h;1-2H. The topological polar surface area (TPSA) is 49.7 Å². The molecule has 0 rings (SSSR count). The molecule has 0 aromatic heterocycles. The summed E-state index contributed by atoms with van der Waals surface area (Å²) in [4.78, 5) is 0. The molecule has 2 N–H and O–H groups in total. The number of hydrogen-bond donors (Lipinski definition) is 2. The molecule has 0 aliphatic carbocycles. The van der Waals surface area contributed by atoms with Gasteiger partial charge in [0.1, 0.15) is 0 Å². The van der Waals surface area contributed by atoms with Crippen molar-refractivity contribution in [1.82, 2.24) is 0 Å². The van der Waals surface area contributed by atoms with E-state index in [9.17, 15) is 0 Å². The Hall–Kier alpha value is 1.26. The van der Waals surface area contributed by atoms with Crippen molar-refractivity contribution in [3.05, 3.63) is 0 Å². The molecule has 0 fully saturated rings. The maximum absolute atomic E-state index is 6.62. The van der Waals surface area contributed by atoms with Gasteiger partial charge in [-0.3, -0.25) is 0 Å². The summed E-state index contributed by atoms with van der Waals surface area (Å²) < 4.78 is 0. The van der Waals surface area contributed by atoms with Crippen molar-refractivity contribution in [2.75, 3.05) is 0 Å². The fourth-order valence-corrected chi connectivity index (χ4v) is 0. The smallest absolute Gasteiger partial charge is 0 e. The zero-order valence-electron chi connectivity index (χ0n) is 1.80. The fourth-order valence-electron chi connectivity index (χ4n) is 0. The van der Waals surface area contributed by atoms with Crippen LogP contribution in [0.3, 0.4) is 0 Å². The van der Waals surface area contributed by atoms with Gasteiger partial charge in [-0.2, -0.15) is 0 Å². The van der Waals surface area contributed by atoms with E-state index in [1.807, 2.05) is 0 Å². The molecule has 0 saturated carbocycles. The molecule has 0 atom stereocenters. The monoisotopic (exact) mass is 190 g/mol. The van der Waals surface area contributed by atoms with Crippen LogP contribution in [-0.4, -0.2) is 10.5 Å². The van der Waals surface area contributed by atoms with E-state index < -0.39 is 0 Å². The molecule has 3 nitrogen and oxygen atoms in total. The van der Waals surface area contributed by atoms with E-state index in [2.05, 4.69) is 5.04 Å². The van der Waals surface area contributed by atoms with E-state index in [0.29, 0.717) is 0 Å². The van der Waals surface area contributed by atoms with Gasteiger partial charge in [0.2, 0.25) is 0 Å². The molecule has 0 radical (unpaired) electrons. The van der Waals surface area contributed by atoms with Crippen LogP contribution in [0.1, 0.15) is 0 Å². The van der Waals surface area contributed by atoms with Crippen molar-refractivity contribution < 1.29 is 57.3 Å². The Bertz CT molecular complexity index is 3.25. The minimum atomic E-state index is 0. The molecule has 0 aromatic carbocycles. The zero-order chi connectivity index (χ0) is 2.71. The maximum atomic E-state index is 6.62. The van der Waals surface area contributed by atoms with Gasteiger partial charge in [-0.1, -0.05) is 5.04 Å². The van der Waals surface area contributed by atoms with Gasteiger partial charge in [-0.05, 0) is 0 Å². The van der Waals surface area contributed by atoms with Crippen LogP contribution in [0.4, 0.5) is 0 Å². The van der Waals surface area contributed by atoms with Crippen molar-refractivity contribution in [3.63, 3.8) is 0 Å². The second kappa shape index (κ2) is 8.87. The molecule has 4 heavy (non-hydrogen) atoms. The molecule has 0 amide bonds. The summed E-state index contributed by atoms with van der Waals surface area (Å²) >= 11 is 0. The predicted octanol–water partition coefficient (Wildman–Crippen LogP) is -0.0510. The Kier molecular flexibility index (Phi) is 19.9. The molecule has 0 saturated heterocycles. The van der Waals surface area contributed by atoms with Crippen molar-refractivity contribution >= 4 is 0 Å². The molecule has 24 valence electrons. The predicted molar refractivity (Wildman–Crippen MR) is 6.34 cm³/mol. The van der Waals surface area contributed by atoms with E-state index in [0.717, 1.165) is 0 Å². The van der Waals surface area contributed by atoms with Crippen LogP contribution in [0.25, 0.3) is 0 Å². The summed E-state index contributed by atoms with van der Waals surface area (Å²) in [7, 11) is 0. The van der Waals surface area contributed by atoms with Gasteiger partial charge < -0.3 is 0 Å². The largest absolute Gasteiger partial charge is 0.221 e. The summed E-state index contributed by atoms with van der Waals surface area (Å²) in [5.41, 5.74) is 0. The van der Waals surface area contributed by atoms with Crippen LogP contribution in [0.15, 0.2) is 0 Å². The second-order valence-corrected chi connectivity index (χ2v) is 0.0816. The van der Waals surface area contributed by atoms with E-state index in [1.54, 1.807) is 0 Å². The van der Waals surface area contributed by atoms with Gasteiger partial charge in [0.15, 0.2) is 0 Å². The van der Waals surface area contributed by atoms with Gasteiger partial charge in [-0.15, -0.1) is 0 Å². The number of rotatable bonds is 0. The fraction of sp³-hybridized carbons (Fsp3) is 0. The van der Waals surface area contributed by atoms with E-state index in [-0.39, 0.29) is 41.7 Å². The normalized spacial score (nSPS) is 4.50. The van der Waals surface area contributed by atoms with E-state index in [1.165, 1.54) is 0 Å². The summed E-state index contributed by atoms with van der Waals surface area (Å²) in [6.45, 7) is 0. The number of hydrogen-bond acceptors (Lipinski definition) is 3. The molecule has 0 unspecified atom stereocenters. The maximum Gasteiger partial charge on any atom is 0 e. The minimum Gasteiger partial charge on any atom is -0.221 e. The molecule has 4 heteroatoms. The average Bonchev–Trinajstić information content (AvgIpc) is 0.918. The molecule has 0 aliphatic heterocycles. The SMILES string of the molecule is OOO.[Ce]. The molecular weight excluding hydrogens is 188 g/mol. The van der Waals surface area contributed by atoms with Crippen molar-refractivity contribution in [2.24, 2.45) is 0 Å². The minimum absolute atomic E-state index is 0. The quantitative estimate of drug-likeness (QED) is 0.416. The van der Waals surface area contributed by atoms with E-state index >= 15 is 0 Å². The van der Waals surface area contributed by atoms with Crippen LogP contribution in [0, 0.1) is 41.7 Å². The molecule has 0 heterocycles. The summed E-state index contributed by atoms with van der Waals surface area (Å²) in [6.07, 6.45) is 0. The summed E-state index contributed by atoms with van der Waals surface area (Å²) in [5.74, 6) is 0. The van der Waals surface area contributed by atoms with Gasteiger partial charge in [0.25, 0.3) is 0 Å². The molecule has 0 spiro atoms. The Balaban J connectivity index is 0. The van der Waals surface area contributed by atoms with Crippen LogP contribution >= 0.6 is 0 Å².